The lowest BCUT2D eigenvalue weighted by Gasteiger charge is -2.29. The minimum absolute atomic E-state index is 0.223. The van der Waals surface area contributed by atoms with E-state index in [1.54, 1.807) is 18.2 Å². The molecule has 1 unspecified atom stereocenters. The summed E-state index contributed by atoms with van der Waals surface area (Å²) in [6, 6.07) is 6.41. The van der Waals surface area contributed by atoms with Crippen molar-refractivity contribution in [3.63, 3.8) is 0 Å². The second-order valence-corrected chi connectivity index (χ2v) is 4.71. The summed E-state index contributed by atoms with van der Waals surface area (Å²) >= 11 is 0. The fourth-order valence-corrected chi connectivity index (χ4v) is 2.64. The number of amides is 3. The molecule has 1 fully saturated rings. The third-order valence-electron chi connectivity index (χ3n) is 3.56. The number of fused-ring (bicyclic) bond motifs is 1. The number of piperidine rings is 1. The summed E-state index contributed by atoms with van der Waals surface area (Å²) in [5, 5.41) is 2.26. The number of nitrogens with one attached hydrogen (secondary N) is 1. The molecule has 2 aliphatic heterocycles. The molecule has 2 aliphatic rings. The van der Waals surface area contributed by atoms with Crippen molar-refractivity contribution in [1.82, 2.24) is 10.2 Å². The third-order valence-corrected chi connectivity index (χ3v) is 3.56. The maximum absolute atomic E-state index is 12.5. The molecule has 0 aliphatic carbocycles. The van der Waals surface area contributed by atoms with Crippen LogP contribution in [0.25, 0.3) is 5.70 Å². The number of benzene rings is 1. The molecule has 100 valence electrons. The van der Waals surface area contributed by atoms with Crippen molar-refractivity contribution in [2.24, 2.45) is 0 Å². The number of hydrogen-bond donors (Lipinski definition) is 1. The summed E-state index contributed by atoms with van der Waals surface area (Å²) in [6.07, 6.45) is 0.538. The molecule has 1 aromatic carbocycles. The van der Waals surface area contributed by atoms with Crippen LogP contribution in [0.5, 0.6) is 0 Å². The molecular weight excluding hydrogens is 256 g/mol. The molecule has 0 aromatic heterocycles. The first kappa shape index (κ1) is 12.4. The van der Waals surface area contributed by atoms with Gasteiger partial charge in [0.15, 0.2) is 0 Å². The van der Waals surface area contributed by atoms with E-state index in [1.807, 2.05) is 6.07 Å². The monoisotopic (exact) mass is 268 g/mol. The zero-order valence-corrected chi connectivity index (χ0v) is 10.7. The van der Waals surface area contributed by atoms with E-state index in [0.717, 1.165) is 5.56 Å². The molecule has 20 heavy (non-hydrogen) atoms. The number of rotatable bonds is 1. The smallest absolute Gasteiger partial charge is 0.260 e. The number of carbonyl (C=O) groups is 3. The lowest BCUT2D eigenvalue weighted by molar-refractivity contribution is -0.136. The predicted molar refractivity (Wildman–Crippen MR) is 71.3 cm³/mol. The fourth-order valence-electron chi connectivity index (χ4n) is 2.64. The molecule has 0 saturated carbocycles. The van der Waals surface area contributed by atoms with Crippen LogP contribution in [0.15, 0.2) is 36.6 Å². The second kappa shape index (κ2) is 4.47. The zero-order chi connectivity index (χ0) is 14.3. The Morgan fingerprint density at radius 2 is 1.90 bits per heavy atom. The van der Waals surface area contributed by atoms with Crippen LogP contribution in [0.2, 0.25) is 0 Å². The van der Waals surface area contributed by atoms with Gasteiger partial charge in [-0.05, 0) is 12.5 Å². The fraction of sp³-hybridized carbons (Fsp3) is 0.200. The Morgan fingerprint density at radius 3 is 2.55 bits per heavy atom. The van der Waals surface area contributed by atoms with Gasteiger partial charge in [-0.1, -0.05) is 24.8 Å². The highest BCUT2D eigenvalue weighted by Gasteiger charge is 2.41. The van der Waals surface area contributed by atoms with Crippen molar-refractivity contribution >= 4 is 23.4 Å². The van der Waals surface area contributed by atoms with Crippen molar-refractivity contribution in [2.75, 3.05) is 0 Å². The molecular formula is C15H12N2O3. The van der Waals surface area contributed by atoms with E-state index in [-0.39, 0.29) is 18.2 Å². The summed E-state index contributed by atoms with van der Waals surface area (Å²) in [4.78, 5) is 37.0. The lowest BCUT2D eigenvalue weighted by Crippen LogP contribution is -2.52. The average Bonchev–Trinajstić information content (AvgIpc) is 2.72. The van der Waals surface area contributed by atoms with Crippen molar-refractivity contribution in [2.45, 2.75) is 18.9 Å². The van der Waals surface area contributed by atoms with Gasteiger partial charge in [0.1, 0.15) is 6.04 Å². The summed E-state index contributed by atoms with van der Waals surface area (Å²) < 4.78 is 0. The summed E-state index contributed by atoms with van der Waals surface area (Å²) in [5.74, 6) is -1.00. The van der Waals surface area contributed by atoms with Crippen molar-refractivity contribution < 1.29 is 14.4 Å². The van der Waals surface area contributed by atoms with Crippen molar-refractivity contribution in [1.29, 1.82) is 0 Å². The number of hydrogen-bond acceptors (Lipinski definition) is 3. The first-order valence-electron chi connectivity index (χ1n) is 6.30. The molecule has 5 nitrogen and oxygen atoms in total. The molecule has 1 atom stereocenters. The number of nitrogens with zero attached hydrogens (tertiary/aromatic N) is 1. The molecule has 3 amide bonds. The van der Waals surface area contributed by atoms with Crippen LogP contribution in [0, 0.1) is 0 Å². The average molecular weight is 268 g/mol. The van der Waals surface area contributed by atoms with Crippen molar-refractivity contribution in [3.05, 3.63) is 47.7 Å². The van der Waals surface area contributed by atoms with E-state index in [1.165, 1.54) is 4.90 Å². The number of carbonyl (C=O) groups excluding carboxylic acids is 3. The Labute approximate surface area is 115 Å². The van der Waals surface area contributed by atoms with Gasteiger partial charge in [0.2, 0.25) is 11.8 Å². The Morgan fingerprint density at radius 1 is 1.20 bits per heavy atom. The van der Waals surface area contributed by atoms with Crippen LogP contribution < -0.4 is 5.32 Å². The van der Waals surface area contributed by atoms with Gasteiger partial charge in [0.25, 0.3) is 5.91 Å². The van der Waals surface area contributed by atoms with E-state index in [0.29, 0.717) is 17.7 Å². The standard InChI is InChI=1S/C15H12N2O3/c1-2-11-9-5-3-4-6-10(9)15(20)17(11)12-7-8-13(18)16-14(12)19/h3-6,12H,1,7-8H2,(H,16,18,19). The van der Waals surface area contributed by atoms with Crippen molar-refractivity contribution in [3.8, 4) is 0 Å². The Bertz CT molecular complexity index is 686. The normalized spacial score (nSPS) is 21.6. The summed E-state index contributed by atoms with van der Waals surface area (Å²) in [7, 11) is 0. The van der Waals surface area contributed by atoms with Gasteiger partial charge in [-0.25, -0.2) is 0 Å². The third kappa shape index (κ3) is 1.68. The highest BCUT2D eigenvalue weighted by atomic mass is 16.2. The Hall–Kier alpha value is -2.65. The van der Waals surface area contributed by atoms with E-state index >= 15 is 0 Å². The van der Waals surface area contributed by atoms with Gasteiger partial charge < -0.3 is 0 Å². The maximum Gasteiger partial charge on any atom is 0.260 e. The van der Waals surface area contributed by atoms with Gasteiger partial charge in [0.05, 0.1) is 5.70 Å². The van der Waals surface area contributed by atoms with Crippen LogP contribution in [0.3, 0.4) is 0 Å². The van der Waals surface area contributed by atoms with E-state index in [2.05, 4.69) is 17.6 Å². The van der Waals surface area contributed by atoms with E-state index in [9.17, 15) is 14.4 Å². The minimum Gasteiger partial charge on any atom is -0.295 e. The molecule has 0 bridgehead atoms. The van der Waals surface area contributed by atoms with E-state index < -0.39 is 11.9 Å². The first-order chi connectivity index (χ1) is 9.63. The SMILES string of the molecule is C=C=C1c2ccccc2C(=O)N1C1CCC(=O)NC1=O. The first-order valence-corrected chi connectivity index (χ1v) is 6.30. The van der Waals surface area contributed by atoms with Gasteiger partial charge >= 0.3 is 0 Å². The van der Waals surface area contributed by atoms with Crippen LogP contribution in [0.4, 0.5) is 0 Å². The van der Waals surface area contributed by atoms with Gasteiger partial charge in [0, 0.05) is 17.5 Å². The highest BCUT2D eigenvalue weighted by Crippen LogP contribution is 2.35. The van der Waals surface area contributed by atoms with Crippen LogP contribution in [-0.2, 0) is 9.59 Å². The largest absolute Gasteiger partial charge is 0.295 e. The molecule has 3 rings (SSSR count). The van der Waals surface area contributed by atoms with E-state index in [4.69, 9.17) is 0 Å². The van der Waals surface area contributed by atoms with Gasteiger partial charge in [-0.2, -0.15) is 0 Å². The number of imide groups is 1. The highest BCUT2D eigenvalue weighted by molar-refractivity contribution is 6.12. The minimum atomic E-state index is -0.683. The molecule has 1 saturated heterocycles. The molecule has 0 spiro atoms. The quantitative estimate of drug-likeness (QED) is 0.612. The molecule has 0 radical (unpaired) electrons. The van der Waals surface area contributed by atoms with Crippen LogP contribution in [0.1, 0.15) is 28.8 Å². The predicted octanol–water partition coefficient (Wildman–Crippen LogP) is 1.07. The molecule has 1 aromatic rings. The molecule has 2 heterocycles. The lowest BCUT2D eigenvalue weighted by atomic mass is 10.0. The van der Waals surface area contributed by atoms with Gasteiger partial charge in [-0.15, -0.1) is 5.73 Å². The maximum atomic E-state index is 12.5. The topological polar surface area (TPSA) is 66.5 Å². The Balaban J connectivity index is 2.04. The Kier molecular flexibility index (Phi) is 2.77. The van der Waals surface area contributed by atoms with Crippen LogP contribution >= 0.6 is 0 Å². The molecule has 1 N–H and O–H groups in total. The summed E-state index contributed by atoms with van der Waals surface area (Å²) in [6.45, 7) is 3.61. The van der Waals surface area contributed by atoms with Crippen LogP contribution in [-0.4, -0.2) is 28.7 Å². The van der Waals surface area contributed by atoms with Gasteiger partial charge in [-0.3, -0.25) is 24.6 Å². The second-order valence-electron chi connectivity index (χ2n) is 4.71. The molecule has 5 heteroatoms. The zero-order valence-electron chi connectivity index (χ0n) is 10.7. The summed E-state index contributed by atoms with van der Waals surface area (Å²) in [5.41, 5.74) is 4.49.